The number of aromatic nitrogens is 8. The number of hydrogen-bond donors (Lipinski definition) is 2. The van der Waals surface area contributed by atoms with Crippen LogP contribution in [0.15, 0.2) is 72.8 Å². The van der Waals surface area contributed by atoms with Crippen molar-refractivity contribution in [3.05, 3.63) is 95.1 Å². The maximum absolute atomic E-state index is 5.22. The van der Waals surface area contributed by atoms with Crippen LogP contribution < -0.4 is 0 Å². The van der Waals surface area contributed by atoms with E-state index in [0.717, 1.165) is 69.5 Å². The average molecular weight is 627 g/mol. The SMILES string of the molecule is CCc1ccc2c(c1)-c1nc-2nc2[nH]c(nc3nc(nc4[nH]c(n1)c1ccc(CC)cc41)-c1cc(CC)ccc1-3)c1cc(CC)ccc21. The average Bonchev–Trinajstić information content (AvgIpc) is 3.85. The van der Waals surface area contributed by atoms with Gasteiger partial charge in [0.15, 0.2) is 23.3 Å². The highest BCUT2D eigenvalue weighted by Gasteiger charge is 2.23. The Morgan fingerprint density at radius 1 is 0.354 bits per heavy atom. The standard InChI is InChI=1S/C40H34N8/c1-5-21-9-13-25-29(17-21)37-42-33(25)41-34-26-14-10-22(6-2)18-30(26)38(43-34)45-36-28-16-12-24(8-4)20-32(28)40(47-36)48-39-31-19-23(7-3)11-15-27(31)35(44-37)46-39/h9-20H,5-8H2,1-4H3,(H2,41,42,43,44,45,46,47,48). The van der Waals surface area contributed by atoms with E-state index in [0.29, 0.717) is 45.9 Å². The van der Waals surface area contributed by atoms with Crippen LogP contribution in [0.25, 0.3) is 89.7 Å². The Hall–Kier alpha value is -5.76. The summed E-state index contributed by atoms with van der Waals surface area (Å²) in [4.78, 5) is 38.1. The number of H-pyrrole nitrogens is 2. The maximum atomic E-state index is 5.22. The summed E-state index contributed by atoms with van der Waals surface area (Å²) in [5.41, 5.74) is 11.6. The van der Waals surface area contributed by atoms with E-state index >= 15 is 0 Å². The van der Waals surface area contributed by atoms with E-state index < -0.39 is 0 Å². The van der Waals surface area contributed by atoms with Gasteiger partial charge >= 0.3 is 0 Å². The number of rotatable bonds is 4. The van der Waals surface area contributed by atoms with Crippen molar-refractivity contribution >= 4 is 44.1 Å². The van der Waals surface area contributed by atoms with E-state index in [2.05, 4.69) is 110 Å². The van der Waals surface area contributed by atoms with E-state index in [9.17, 15) is 0 Å². The molecule has 8 nitrogen and oxygen atoms in total. The lowest BCUT2D eigenvalue weighted by molar-refractivity contribution is 1.14. The van der Waals surface area contributed by atoms with Gasteiger partial charge in [0.05, 0.1) is 0 Å². The van der Waals surface area contributed by atoms with E-state index in [1.54, 1.807) is 0 Å². The zero-order chi connectivity index (χ0) is 32.5. The molecule has 4 aromatic carbocycles. The van der Waals surface area contributed by atoms with Crippen LogP contribution in [0, 0.1) is 0 Å². The van der Waals surface area contributed by atoms with Gasteiger partial charge in [-0.3, -0.25) is 0 Å². The fraction of sp³-hybridized carbons (Fsp3) is 0.200. The highest BCUT2D eigenvalue weighted by Crippen LogP contribution is 2.38. The van der Waals surface area contributed by atoms with Gasteiger partial charge in [-0.15, -0.1) is 0 Å². The largest absolute Gasteiger partial charge is 0.324 e. The second-order valence-electron chi connectivity index (χ2n) is 12.5. The second-order valence-corrected chi connectivity index (χ2v) is 12.5. The Balaban J connectivity index is 1.48. The molecule has 0 radical (unpaired) electrons. The van der Waals surface area contributed by atoms with Crippen LogP contribution in [0.2, 0.25) is 0 Å². The Morgan fingerprint density at radius 3 is 1.08 bits per heavy atom. The fourth-order valence-electron chi connectivity index (χ4n) is 6.86. The predicted octanol–water partition coefficient (Wildman–Crippen LogP) is 9.12. The van der Waals surface area contributed by atoms with E-state index in [1.807, 2.05) is 0 Å². The molecule has 7 aromatic rings. The maximum Gasteiger partial charge on any atom is 0.164 e. The molecular weight excluding hydrogens is 592 g/mol. The first-order valence-electron chi connectivity index (χ1n) is 16.9. The van der Waals surface area contributed by atoms with Gasteiger partial charge in [-0.2, -0.15) is 0 Å². The first kappa shape index (κ1) is 28.5. The van der Waals surface area contributed by atoms with Crippen molar-refractivity contribution in [3.63, 3.8) is 0 Å². The van der Waals surface area contributed by atoms with Crippen molar-refractivity contribution in [2.45, 2.75) is 53.4 Å². The number of aromatic amines is 2. The highest BCUT2D eigenvalue weighted by molar-refractivity contribution is 6.06. The van der Waals surface area contributed by atoms with Crippen molar-refractivity contribution in [2.75, 3.05) is 0 Å². The Morgan fingerprint density at radius 2 is 0.688 bits per heavy atom. The van der Waals surface area contributed by atoms with Crippen molar-refractivity contribution in [2.24, 2.45) is 0 Å². The third-order valence-electron chi connectivity index (χ3n) is 9.72. The molecule has 0 saturated heterocycles. The summed E-state index contributed by atoms with van der Waals surface area (Å²) in [6, 6.07) is 25.9. The topological polar surface area (TPSA) is 109 Å². The van der Waals surface area contributed by atoms with Crippen molar-refractivity contribution in [3.8, 4) is 45.6 Å². The fourth-order valence-corrected chi connectivity index (χ4v) is 6.86. The Bertz CT molecular complexity index is 2630. The van der Waals surface area contributed by atoms with Gasteiger partial charge in [0.25, 0.3) is 0 Å². The summed E-state index contributed by atoms with van der Waals surface area (Å²) in [6.07, 6.45) is 3.66. The lowest BCUT2D eigenvalue weighted by Gasteiger charge is -2.02. The molecular formula is C40H34N8. The molecule has 2 N–H and O–H groups in total. The number of nitrogens with zero attached hydrogens (tertiary/aromatic N) is 6. The molecule has 2 aliphatic rings. The molecule has 234 valence electrons. The molecule has 5 heterocycles. The molecule has 0 atom stereocenters. The molecule has 48 heavy (non-hydrogen) atoms. The quantitative estimate of drug-likeness (QED) is 0.202. The zero-order valence-electron chi connectivity index (χ0n) is 27.4. The monoisotopic (exact) mass is 626 g/mol. The summed E-state index contributed by atoms with van der Waals surface area (Å²) < 4.78 is 0. The summed E-state index contributed by atoms with van der Waals surface area (Å²) in [7, 11) is 0. The van der Waals surface area contributed by atoms with Crippen LogP contribution in [0.4, 0.5) is 0 Å². The van der Waals surface area contributed by atoms with Gasteiger partial charge in [-0.25, -0.2) is 29.9 Å². The minimum absolute atomic E-state index is 0.619. The van der Waals surface area contributed by atoms with Gasteiger partial charge < -0.3 is 9.97 Å². The molecule has 0 unspecified atom stereocenters. The van der Waals surface area contributed by atoms with Gasteiger partial charge in [-0.1, -0.05) is 76.2 Å². The molecule has 9 rings (SSSR count). The smallest absolute Gasteiger partial charge is 0.164 e. The highest BCUT2D eigenvalue weighted by atomic mass is 15.1. The van der Waals surface area contributed by atoms with E-state index in [1.165, 1.54) is 22.3 Å². The second kappa shape index (κ2) is 10.9. The van der Waals surface area contributed by atoms with Gasteiger partial charge in [0.2, 0.25) is 0 Å². The first-order valence-corrected chi connectivity index (χ1v) is 16.9. The van der Waals surface area contributed by atoms with Crippen LogP contribution in [0.1, 0.15) is 49.9 Å². The summed E-state index contributed by atoms with van der Waals surface area (Å²) in [5.74, 6) is 2.50. The number of benzene rings is 4. The molecule has 2 aliphatic heterocycles. The lowest BCUT2D eigenvalue weighted by atomic mass is 10.0. The van der Waals surface area contributed by atoms with Crippen LogP contribution in [-0.2, 0) is 25.7 Å². The van der Waals surface area contributed by atoms with Gasteiger partial charge in [-0.05, 0) is 72.2 Å². The zero-order valence-corrected chi connectivity index (χ0v) is 27.4. The lowest BCUT2D eigenvalue weighted by Crippen LogP contribution is -1.86. The van der Waals surface area contributed by atoms with Crippen molar-refractivity contribution < 1.29 is 0 Å². The summed E-state index contributed by atoms with van der Waals surface area (Å²) in [5, 5.41) is 3.96. The van der Waals surface area contributed by atoms with Crippen LogP contribution in [0.5, 0.6) is 0 Å². The molecule has 3 aromatic heterocycles. The number of aryl methyl sites for hydroxylation is 4. The molecule has 0 aliphatic carbocycles. The Labute approximate surface area is 277 Å². The molecule has 0 saturated carbocycles. The molecule has 0 spiro atoms. The van der Waals surface area contributed by atoms with Crippen LogP contribution in [0.3, 0.4) is 0 Å². The third-order valence-corrected chi connectivity index (χ3v) is 9.72. The normalized spacial score (nSPS) is 12.1. The van der Waals surface area contributed by atoms with Gasteiger partial charge in [0, 0.05) is 43.8 Å². The van der Waals surface area contributed by atoms with Crippen LogP contribution in [-0.4, -0.2) is 39.9 Å². The minimum atomic E-state index is 0.619. The van der Waals surface area contributed by atoms with Crippen molar-refractivity contribution in [1.82, 2.24) is 39.9 Å². The summed E-state index contributed by atoms with van der Waals surface area (Å²) >= 11 is 0. The van der Waals surface area contributed by atoms with Gasteiger partial charge in [0.1, 0.15) is 22.6 Å². The van der Waals surface area contributed by atoms with E-state index in [4.69, 9.17) is 29.9 Å². The molecule has 8 bridgehead atoms. The minimum Gasteiger partial charge on any atom is -0.324 e. The van der Waals surface area contributed by atoms with Crippen LogP contribution >= 0.6 is 0 Å². The molecule has 8 heteroatoms. The number of hydrogen-bond acceptors (Lipinski definition) is 6. The Kier molecular flexibility index (Phi) is 6.47. The predicted molar refractivity (Wildman–Crippen MR) is 194 cm³/mol. The third kappa shape index (κ3) is 4.43. The number of fused-ring (bicyclic) bond motifs is 20. The molecule has 0 fully saturated rings. The first-order chi connectivity index (χ1) is 23.5. The summed E-state index contributed by atoms with van der Waals surface area (Å²) in [6.45, 7) is 8.66. The number of nitrogens with one attached hydrogen (secondary N) is 2. The molecule has 0 amide bonds. The van der Waals surface area contributed by atoms with E-state index in [-0.39, 0.29) is 0 Å². The van der Waals surface area contributed by atoms with Crippen molar-refractivity contribution in [1.29, 1.82) is 0 Å².